The van der Waals surface area contributed by atoms with Crippen molar-refractivity contribution < 1.29 is 18.3 Å². The molecule has 0 aliphatic carbocycles. The zero-order valence-corrected chi connectivity index (χ0v) is 12.5. The minimum absolute atomic E-state index is 0.00236. The topological polar surface area (TPSA) is 83.5 Å². The van der Waals surface area contributed by atoms with Crippen molar-refractivity contribution >= 4 is 16.0 Å². The van der Waals surface area contributed by atoms with Crippen molar-refractivity contribution in [2.75, 3.05) is 12.3 Å². The first kappa shape index (κ1) is 17.4. The number of aliphatic carboxylic acids is 1. The molecule has 0 fully saturated rings. The molecule has 0 saturated heterocycles. The van der Waals surface area contributed by atoms with E-state index in [1.807, 2.05) is 27.7 Å². The van der Waals surface area contributed by atoms with Gasteiger partial charge in [-0.3, -0.25) is 4.79 Å². The molecule has 18 heavy (non-hydrogen) atoms. The molecule has 0 spiro atoms. The maximum atomic E-state index is 11.7. The van der Waals surface area contributed by atoms with E-state index in [4.69, 9.17) is 5.11 Å². The maximum absolute atomic E-state index is 11.7. The Kier molecular flexibility index (Phi) is 7.47. The van der Waals surface area contributed by atoms with Crippen LogP contribution in [-0.2, 0) is 14.8 Å². The molecule has 0 amide bonds. The van der Waals surface area contributed by atoms with E-state index >= 15 is 0 Å². The summed E-state index contributed by atoms with van der Waals surface area (Å²) < 4.78 is 25.8. The first-order valence-corrected chi connectivity index (χ1v) is 7.96. The monoisotopic (exact) mass is 279 g/mol. The van der Waals surface area contributed by atoms with Gasteiger partial charge in [0.2, 0.25) is 10.0 Å². The number of nitrogens with one attached hydrogen (secondary N) is 1. The molecular weight excluding hydrogens is 254 g/mol. The third kappa shape index (κ3) is 9.41. The Morgan fingerprint density at radius 1 is 1.17 bits per heavy atom. The molecule has 6 heteroatoms. The number of hydrogen-bond donors (Lipinski definition) is 2. The molecular formula is C12H25NO4S. The molecule has 2 N–H and O–H groups in total. The Bertz CT molecular complexity index is 349. The third-order valence-electron chi connectivity index (χ3n) is 2.41. The molecule has 0 aromatic rings. The highest BCUT2D eigenvalue weighted by Gasteiger charge is 2.19. The van der Waals surface area contributed by atoms with Crippen LogP contribution >= 0.6 is 0 Å². The average molecular weight is 279 g/mol. The molecule has 0 saturated carbocycles. The summed E-state index contributed by atoms with van der Waals surface area (Å²) in [5, 5.41) is 8.79. The Labute approximate surface area is 110 Å². The summed E-state index contributed by atoms with van der Waals surface area (Å²) >= 11 is 0. The number of carboxylic acids is 1. The maximum Gasteiger partial charge on any atom is 0.303 e. The van der Waals surface area contributed by atoms with Gasteiger partial charge < -0.3 is 5.11 Å². The van der Waals surface area contributed by atoms with Crippen LogP contribution in [0.3, 0.4) is 0 Å². The molecule has 5 nitrogen and oxygen atoms in total. The molecule has 0 rings (SSSR count). The van der Waals surface area contributed by atoms with Gasteiger partial charge in [0, 0.05) is 13.0 Å². The summed E-state index contributed by atoms with van der Waals surface area (Å²) in [5.41, 5.74) is 0. The fourth-order valence-electron chi connectivity index (χ4n) is 1.90. The average Bonchev–Trinajstić information content (AvgIpc) is 2.10. The Balaban J connectivity index is 4.37. The van der Waals surface area contributed by atoms with Crippen molar-refractivity contribution in [2.24, 2.45) is 17.8 Å². The smallest absolute Gasteiger partial charge is 0.303 e. The summed E-state index contributed by atoms with van der Waals surface area (Å²) in [6.45, 7) is 7.87. The van der Waals surface area contributed by atoms with Crippen LogP contribution in [0.4, 0.5) is 0 Å². The second-order valence-corrected chi connectivity index (χ2v) is 7.47. The Morgan fingerprint density at radius 2 is 1.72 bits per heavy atom. The van der Waals surface area contributed by atoms with Gasteiger partial charge in [-0.1, -0.05) is 27.7 Å². The fourth-order valence-corrected chi connectivity index (χ4v) is 3.38. The first-order valence-electron chi connectivity index (χ1n) is 6.31. The zero-order chi connectivity index (χ0) is 14.3. The van der Waals surface area contributed by atoms with E-state index in [1.54, 1.807) is 0 Å². The van der Waals surface area contributed by atoms with Crippen LogP contribution < -0.4 is 4.72 Å². The molecule has 0 aliphatic heterocycles. The van der Waals surface area contributed by atoms with Crippen LogP contribution in [0, 0.1) is 17.8 Å². The van der Waals surface area contributed by atoms with Crippen LogP contribution in [0.15, 0.2) is 0 Å². The van der Waals surface area contributed by atoms with Crippen LogP contribution in [0.2, 0.25) is 0 Å². The molecule has 0 aliphatic rings. The minimum Gasteiger partial charge on any atom is -0.481 e. The number of rotatable bonds is 9. The molecule has 0 unspecified atom stereocenters. The SMILES string of the molecule is CC(C)C[C@H](CNS(=O)(=O)CC(C)C)CC(=O)O. The van der Waals surface area contributed by atoms with Gasteiger partial charge in [-0.15, -0.1) is 0 Å². The van der Waals surface area contributed by atoms with E-state index in [0.29, 0.717) is 12.3 Å². The first-order chi connectivity index (χ1) is 8.12. The van der Waals surface area contributed by atoms with Crippen molar-refractivity contribution in [3.05, 3.63) is 0 Å². The largest absolute Gasteiger partial charge is 0.481 e. The van der Waals surface area contributed by atoms with Gasteiger partial charge in [0.05, 0.1) is 5.75 Å². The summed E-state index contributed by atoms with van der Waals surface area (Å²) in [6, 6.07) is 0. The summed E-state index contributed by atoms with van der Waals surface area (Å²) in [5.74, 6) is -0.545. The normalized spacial score (nSPS) is 14.1. The van der Waals surface area contributed by atoms with Crippen molar-refractivity contribution in [3.63, 3.8) is 0 Å². The molecule has 1 atom stereocenters. The number of hydrogen-bond acceptors (Lipinski definition) is 3. The zero-order valence-electron chi connectivity index (χ0n) is 11.6. The highest BCUT2D eigenvalue weighted by Crippen LogP contribution is 2.15. The lowest BCUT2D eigenvalue weighted by Gasteiger charge is -2.18. The van der Waals surface area contributed by atoms with E-state index < -0.39 is 16.0 Å². The van der Waals surface area contributed by atoms with Gasteiger partial charge in [-0.2, -0.15) is 0 Å². The fraction of sp³-hybridized carbons (Fsp3) is 0.917. The van der Waals surface area contributed by atoms with E-state index in [0.717, 1.165) is 0 Å². The van der Waals surface area contributed by atoms with E-state index in [9.17, 15) is 13.2 Å². The highest BCUT2D eigenvalue weighted by molar-refractivity contribution is 7.89. The number of sulfonamides is 1. The van der Waals surface area contributed by atoms with Gasteiger partial charge in [0.1, 0.15) is 0 Å². The quantitative estimate of drug-likeness (QED) is 0.673. The standard InChI is InChI=1S/C12H25NO4S/c1-9(2)5-11(6-12(14)15)7-13-18(16,17)8-10(3)4/h9-11,13H,5-8H2,1-4H3,(H,14,15)/t11-/m0/s1. The highest BCUT2D eigenvalue weighted by atomic mass is 32.2. The summed E-state index contributed by atoms with van der Waals surface area (Å²) in [7, 11) is -3.29. The molecule has 0 heterocycles. The van der Waals surface area contributed by atoms with Crippen molar-refractivity contribution in [2.45, 2.75) is 40.5 Å². The van der Waals surface area contributed by atoms with Crippen LogP contribution in [0.25, 0.3) is 0 Å². The van der Waals surface area contributed by atoms with E-state index in [2.05, 4.69) is 4.72 Å². The molecule has 0 aromatic heterocycles. The lowest BCUT2D eigenvalue weighted by atomic mass is 9.94. The molecule has 0 bridgehead atoms. The minimum atomic E-state index is -3.29. The second kappa shape index (κ2) is 7.74. The van der Waals surface area contributed by atoms with Crippen molar-refractivity contribution in [1.29, 1.82) is 0 Å². The predicted molar refractivity (Wildman–Crippen MR) is 71.8 cm³/mol. The van der Waals surface area contributed by atoms with Crippen LogP contribution in [-0.4, -0.2) is 31.8 Å². The van der Waals surface area contributed by atoms with Gasteiger partial charge in [0.25, 0.3) is 0 Å². The van der Waals surface area contributed by atoms with Crippen molar-refractivity contribution in [3.8, 4) is 0 Å². The van der Waals surface area contributed by atoms with E-state index in [1.165, 1.54) is 0 Å². The Hall–Kier alpha value is -0.620. The summed E-state index contributed by atoms with van der Waals surface area (Å²) in [4.78, 5) is 10.7. The van der Waals surface area contributed by atoms with Crippen LogP contribution in [0.5, 0.6) is 0 Å². The molecule has 0 aromatic carbocycles. The lowest BCUT2D eigenvalue weighted by molar-refractivity contribution is -0.138. The molecule has 0 radical (unpaired) electrons. The number of carbonyl (C=O) groups is 1. The Morgan fingerprint density at radius 3 is 2.11 bits per heavy atom. The van der Waals surface area contributed by atoms with Crippen molar-refractivity contribution in [1.82, 2.24) is 4.72 Å². The van der Waals surface area contributed by atoms with Gasteiger partial charge in [-0.25, -0.2) is 13.1 Å². The van der Waals surface area contributed by atoms with Gasteiger partial charge >= 0.3 is 5.97 Å². The van der Waals surface area contributed by atoms with Gasteiger partial charge in [0.15, 0.2) is 0 Å². The lowest BCUT2D eigenvalue weighted by Crippen LogP contribution is -2.34. The van der Waals surface area contributed by atoms with Gasteiger partial charge in [-0.05, 0) is 24.2 Å². The predicted octanol–water partition coefficient (Wildman–Crippen LogP) is 1.70. The second-order valence-electron chi connectivity index (χ2n) is 5.62. The van der Waals surface area contributed by atoms with Crippen LogP contribution in [0.1, 0.15) is 40.5 Å². The van der Waals surface area contributed by atoms with E-state index in [-0.39, 0.29) is 30.6 Å². The third-order valence-corrected chi connectivity index (χ3v) is 4.12. The summed E-state index contributed by atoms with van der Waals surface area (Å²) in [6.07, 6.45) is 0.707. The molecule has 108 valence electrons. The number of carboxylic acid groups (broad SMARTS) is 1.